The summed E-state index contributed by atoms with van der Waals surface area (Å²) in [6.45, 7) is 1.71. The van der Waals surface area contributed by atoms with Crippen molar-refractivity contribution in [3.63, 3.8) is 0 Å². The number of benzene rings is 1. The molecule has 0 radical (unpaired) electrons. The van der Waals surface area contributed by atoms with E-state index in [-0.39, 0.29) is 10.8 Å². The van der Waals surface area contributed by atoms with Gasteiger partial charge in [0.25, 0.3) is 5.56 Å². The summed E-state index contributed by atoms with van der Waals surface area (Å²) < 4.78 is 0. The monoisotopic (exact) mass is 364 g/mol. The number of nitrogens with one attached hydrogen (secondary N) is 1. The summed E-state index contributed by atoms with van der Waals surface area (Å²) in [5.74, 6) is 0. The molecule has 0 aliphatic rings. The Labute approximate surface area is 152 Å². The van der Waals surface area contributed by atoms with Gasteiger partial charge in [0.15, 0.2) is 0 Å². The van der Waals surface area contributed by atoms with Gasteiger partial charge in [0.2, 0.25) is 0 Å². The van der Waals surface area contributed by atoms with Crippen molar-refractivity contribution < 1.29 is 0 Å². The molecule has 25 heavy (non-hydrogen) atoms. The van der Waals surface area contributed by atoms with E-state index in [0.29, 0.717) is 21.2 Å². The maximum atomic E-state index is 12.4. The van der Waals surface area contributed by atoms with Gasteiger partial charge < -0.3 is 4.98 Å². The van der Waals surface area contributed by atoms with Crippen LogP contribution < -0.4 is 5.56 Å². The van der Waals surface area contributed by atoms with Crippen LogP contribution in [0.1, 0.15) is 12.5 Å². The first kappa shape index (κ1) is 17.0. The highest BCUT2D eigenvalue weighted by atomic mass is 32.2. The van der Waals surface area contributed by atoms with Crippen molar-refractivity contribution in [1.82, 2.24) is 9.97 Å². The van der Waals surface area contributed by atoms with Gasteiger partial charge in [-0.25, -0.2) is 4.98 Å². The summed E-state index contributed by atoms with van der Waals surface area (Å²) in [7, 11) is 0. The Balaban J connectivity index is 2.02. The molecule has 122 valence electrons. The molecule has 7 heteroatoms. The third kappa shape index (κ3) is 3.63. The highest BCUT2D eigenvalue weighted by molar-refractivity contribution is 8.00. The van der Waals surface area contributed by atoms with Crippen molar-refractivity contribution in [1.29, 1.82) is 10.5 Å². The predicted molar refractivity (Wildman–Crippen MR) is 99.3 cm³/mol. The van der Waals surface area contributed by atoms with Crippen LogP contribution >= 0.6 is 23.1 Å². The molecule has 3 rings (SSSR count). The highest BCUT2D eigenvalue weighted by Gasteiger charge is 2.16. The number of thioether (sulfide) groups is 1. The van der Waals surface area contributed by atoms with Crippen LogP contribution in [0.3, 0.4) is 0 Å². The second-order valence-electron chi connectivity index (χ2n) is 5.16. The van der Waals surface area contributed by atoms with Crippen molar-refractivity contribution in [3.05, 3.63) is 57.7 Å². The molecule has 1 aromatic carbocycles. The standard InChI is InChI=1S/C18H12N4OS2/c1-11(8-19)25-17-13(9-20)7-14(16(23)22-17)18-21-15(10-24-18)12-5-3-2-4-6-12/h2-7,10-11H,1H3,(H,22,23)/t11-/m1/s1. The molecule has 1 N–H and O–H groups in total. The lowest BCUT2D eigenvalue weighted by Crippen LogP contribution is -2.12. The Hall–Kier alpha value is -2.87. The molecule has 2 aromatic heterocycles. The van der Waals surface area contributed by atoms with Crippen molar-refractivity contribution in [3.8, 4) is 34.0 Å². The van der Waals surface area contributed by atoms with E-state index in [4.69, 9.17) is 5.26 Å². The minimum absolute atomic E-state index is 0.319. The fourth-order valence-electron chi connectivity index (χ4n) is 2.19. The molecular weight excluding hydrogens is 352 g/mol. The van der Waals surface area contributed by atoms with Gasteiger partial charge in [-0.3, -0.25) is 4.79 Å². The Morgan fingerprint density at radius 3 is 2.72 bits per heavy atom. The second-order valence-corrected chi connectivity index (χ2v) is 7.37. The molecule has 0 spiro atoms. The quantitative estimate of drug-likeness (QED) is 0.705. The molecule has 0 fully saturated rings. The number of nitriles is 2. The zero-order valence-electron chi connectivity index (χ0n) is 13.2. The van der Waals surface area contributed by atoms with E-state index in [2.05, 4.69) is 22.1 Å². The van der Waals surface area contributed by atoms with Gasteiger partial charge in [-0.2, -0.15) is 10.5 Å². The minimum Gasteiger partial charge on any atom is -0.315 e. The van der Waals surface area contributed by atoms with Gasteiger partial charge in [0.1, 0.15) is 11.1 Å². The van der Waals surface area contributed by atoms with Crippen molar-refractivity contribution in [2.24, 2.45) is 0 Å². The van der Waals surface area contributed by atoms with Crippen LogP contribution in [-0.4, -0.2) is 15.2 Å². The zero-order chi connectivity index (χ0) is 17.8. The van der Waals surface area contributed by atoms with E-state index >= 15 is 0 Å². The van der Waals surface area contributed by atoms with Crippen LogP contribution in [-0.2, 0) is 0 Å². The van der Waals surface area contributed by atoms with E-state index in [9.17, 15) is 10.1 Å². The molecule has 3 aromatic rings. The van der Waals surface area contributed by atoms with Gasteiger partial charge in [-0.1, -0.05) is 42.1 Å². The number of aromatic nitrogens is 2. The first-order chi connectivity index (χ1) is 12.1. The molecule has 0 aliphatic heterocycles. The number of thiazole rings is 1. The van der Waals surface area contributed by atoms with Crippen LogP contribution in [0.4, 0.5) is 0 Å². The van der Waals surface area contributed by atoms with Crippen molar-refractivity contribution >= 4 is 23.1 Å². The van der Waals surface area contributed by atoms with Crippen LogP contribution in [0.15, 0.2) is 51.6 Å². The molecule has 0 bridgehead atoms. The third-order valence-corrected chi connectivity index (χ3v) is 5.30. The molecule has 0 unspecified atom stereocenters. The average molecular weight is 364 g/mol. The van der Waals surface area contributed by atoms with Crippen LogP contribution in [0, 0.1) is 22.7 Å². The number of H-pyrrole nitrogens is 1. The summed E-state index contributed by atoms with van der Waals surface area (Å²) >= 11 is 2.51. The second kappa shape index (κ2) is 7.35. The first-order valence-electron chi connectivity index (χ1n) is 7.37. The maximum Gasteiger partial charge on any atom is 0.259 e. The van der Waals surface area contributed by atoms with E-state index in [1.165, 1.54) is 11.3 Å². The van der Waals surface area contributed by atoms with Crippen LogP contribution in [0.25, 0.3) is 21.8 Å². The Bertz CT molecular complexity index is 1040. The van der Waals surface area contributed by atoms with Crippen LogP contribution in [0.5, 0.6) is 0 Å². The number of hydrogen-bond acceptors (Lipinski definition) is 6. The van der Waals surface area contributed by atoms with Crippen molar-refractivity contribution in [2.45, 2.75) is 17.2 Å². The van der Waals surface area contributed by atoms with Gasteiger partial charge in [0.05, 0.1) is 33.2 Å². The maximum absolute atomic E-state index is 12.4. The molecular formula is C18H12N4OS2. The number of hydrogen-bond donors (Lipinski definition) is 1. The van der Waals surface area contributed by atoms with Crippen LogP contribution in [0.2, 0.25) is 0 Å². The van der Waals surface area contributed by atoms with Gasteiger partial charge >= 0.3 is 0 Å². The average Bonchev–Trinajstić information content (AvgIpc) is 3.12. The van der Waals surface area contributed by atoms with Gasteiger partial charge in [0, 0.05) is 10.9 Å². The topological polar surface area (TPSA) is 93.3 Å². The highest BCUT2D eigenvalue weighted by Crippen LogP contribution is 2.30. The minimum atomic E-state index is -0.363. The fraction of sp³-hybridized carbons (Fsp3) is 0.111. The lowest BCUT2D eigenvalue weighted by molar-refractivity contribution is 1.05. The van der Waals surface area contributed by atoms with E-state index in [1.807, 2.05) is 35.7 Å². The molecule has 1 atom stereocenters. The van der Waals surface area contributed by atoms with Gasteiger partial charge in [-0.15, -0.1) is 11.3 Å². The largest absolute Gasteiger partial charge is 0.315 e. The smallest absolute Gasteiger partial charge is 0.259 e. The summed E-state index contributed by atoms with van der Waals surface area (Å²) in [6, 6.07) is 15.4. The zero-order valence-corrected chi connectivity index (χ0v) is 14.8. The molecule has 2 heterocycles. The molecule has 0 amide bonds. The van der Waals surface area contributed by atoms with Crippen molar-refractivity contribution in [2.75, 3.05) is 0 Å². The summed E-state index contributed by atoms with van der Waals surface area (Å²) in [6.07, 6.45) is 0. The summed E-state index contributed by atoms with van der Waals surface area (Å²) in [5, 5.41) is 20.8. The number of aromatic amines is 1. The third-order valence-electron chi connectivity index (χ3n) is 3.41. The SMILES string of the molecule is C[C@H](C#N)Sc1[nH]c(=O)c(-c2nc(-c3ccccc3)cs2)cc1C#N. The van der Waals surface area contributed by atoms with E-state index in [1.54, 1.807) is 13.0 Å². The summed E-state index contributed by atoms with van der Waals surface area (Å²) in [4.78, 5) is 19.7. The molecule has 0 saturated heterocycles. The molecule has 0 saturated carbocycles. The first-order valence-corrected chi connectivity index (χ1v) is 9.13. The lowest BCUT2D eigenvalue weighted by atomic mass is 10.2. The number of rotatable bonds is 4. The molecule has 0 aliphatic carbocycles. The normalized spacial score (nSPS) is 11.5. The van der Waals surface area contributed by atoms with E-state index < -0.39 is 0 Å². The fourth-order valence-corrected chi connectivity index (χ4v) is 3.82. The Morgan fingerprint density at radius 2 is 2.04 bits per heavy atom. The van der Waals surface area contributed by atoms with Gasteiger partial charge in [-0.05, 0) is 13.0 Å². The van der Waals surface area contributed by atoms with E-state index in [0.717, 1.165) is 23.0 Å². The lowest BCUT2D eigenvalue weighted by Gasteiger charge is -2.06. The Kier molecular flexibility index (Phi) is 4.99. The summed E-state index contributed by atoms with van der Waals surface area (Å²) in [5.41, 5.74) is 2.13. The Morgan fingerprint density at radius 1 is 1.28 bits per heavy atom. The number of pyridine rings is 1. The number of nitrogens with zero attached hydrogens (tertiary/aromatic N) is 3. The predicted octanol–water partition coefficient (Wildman–Crippen LogP) is 4.04. The molecule has 5 nitrogen and oxygen atoms in total.